The van der Waals surface area contributed by atoms with E-state index in [1.165, 1.54) is 16.0 Å². The predicted molar refractivity (Wildman–Crippen MR) is 381 cm³/mol. The Hall–Kier alpha value is -12.6. The summed E-state index contributed by atoms with van der Waals surface area (Å²) in [6.45, 7) is -4.30. The van der Waals surface area contributed by atoms with Crippen LogP contribution in [0.2, 0.25) is 0 Å². The minimum atomic E-state index is -4.52. The van der Waals surface area contributed by atoms with Crippen LogP contribution in [0.25, 0.3) is 89.7 Å². The molecule has 0 spiro atoms. The van der Waals surface area contributed by atoms with Crippen molar-refractivity contribution < 1.29 is 92.3 Å². The van der Waals surface area contributed by atoms with Gasteiger partial charge >= 0.3 is 24.7 Å². The predicted octanol–water partition coefficient (Wildman–Crippen LogP) is 12.8. The van der Waals surface area contributed by atoms with Gasteiger partial charge in [-0.25, -0.2) is 77.4 Å². The number of ketones is 1. The topological polar surface area (TPSA) is 319 Å². The molecule has 12 aromatic rings. The van der Waals surface area contributed by atoms with Crippen molar-refractivity contribution in [3.8, 4) is 45.6 Å². The maximum Gasteiger partial charge on any atom is 0.405 e. The number of pyridine rings is 4. The summed E-state index contributed by atoms with van der Waals surface area (Å²) in [7, 11) is 3.68. The van der Waals surface area contributed by atoms with Gasteiger partial charge in [0, 0.05) is 136 Å². The van der Waals surface area contributed by atoms with E-state index in [2.05, 4.69) is 75.1 Å². The minimum Gasteiger partial charge on any atom is -0.358 e. The van der Waals surface area contributed by atoms with E-state index in [0.29, 0.717) is 94.8 Å². The Labute approximate surface area is 630 Å². The number of hydrogen-bond acceptors (Lipinski definition) is 19. The second-order valence-corrected chi connectivity index (χ2v) is 25.5. The third kappa shape index (κ3) is 20.9. The number of Topliss-reactive ketones (excluding diaryl/α,β-unsaturated/α-hetero) is 1. The highest BCUT2D eigenvalue weighted by molar-refractivity contribution is 5.95. The van der Waals surface area contributed by atoms with Gasteiger partial charge in [0.15, 0.2) is 64.0 Å². The Bertz CT molecular complexity index is 5240. The number of carbonyl (C=O) groups excluding carboxylic acids is 4. The highest BCUT2D eigenvalue weighted by Gasteiger charge is 2.39. The van der Waals surface area contributed by atoms with Crippen LogP contribution >= 0.6 is 0 Å². The first-order valence-corrected chi connectivity index (χ1v) is 34.3. The summed E-state index contributed by atoms with van der Waals surface area (Å²) >= 11 is 0. The zero-order valence-corrected chi connectivity index (χ0v) is 59.1. The van der Waals surface area contributed by atoms with Gasteiger partial charge in [-0.3, -0.25) is 19.2 Å². The highest BCUT2D eigenvalue weighted by Crippen LogP contribution is 2.35. The van der Waals surface area contributed by atoms with E-state index < -0.39 is 123 Å². The number of alkyl halides is 12. The van der Waals surface area contributed by atoms with Crippen molar-refractivity contribution in [3.05, 3.63) is 152 Å². The number of rotatable bonds is 20. The molecule has 0 unspecified atom stereocenters. The molecule has 0 aliphatic carbocycles. The smallest absolute Gasteiger partial charge is 0.358 e. The fourth-order valence-corrected chi connectivity index (χ4v) is 12.2. The molecule has 6 N–H and O–H groups in total. The van der Waals surface area contributed by atoms with Crippen molar-refractivity contribution in [1.29, 1.82) is 0 Å². The Morgan fingerprint density at radius 1 is 0.478 bits per heavy atom. The second kappa shape index (κ2) is 34.8. The zero-order chi connectivity index (χ0) is 81.1. The number of fused-ring (bicyclic) bond motifs is 4. The lowest BCUT2D eigenvalue weighted by Crippen LogP contribution is -2.46. The van der Waals surface area contributed by atoms with Crippen LogP contribution < -0.4 is 31.1 Å². The van der Waals surface area contributed by atoms with Crippen LogP contribution in [-0.4, -0.2) is 178 Å². The number of nitrogens with one attached hydrogen (secondary N) is 6. The van der Waals surface area contributed by atoms with Gasteiger partial charge in [0.25, 0.3) is 0 Å². The molecule has 0 aromatic carbocycles. The lowest BCUT2D eigenvalue weighted by molar-refractivity contribution is -0.143. The number of carbonyl (C=O) groups is 4. The standard InChI is InChI=1S/2C19H18F4N6O.C18H16F4N4O.C15H12F4N6O.2H2/c2*1-28-8-5-12-11(4-6-24-16(12)28)15-25-9-13(20)17(27-15)29-7-2-3-14(29)18(30)26-10-19(21,22)23;19-14-10-25-17(13-6-9-24-16-12(13)5-8-23-16)26-15(14)3-1-2-11(27)4-7-18(20,21)22;16-10-5-22-13(9-2-4-21-12-8(9)1-3-20-12)25-14(10)23-6-11(26)24-7-15(17,18)19;;/h2*4-6,8-9,14H,2-3,7,10H2,1H3,(H,26,30);5-6,8-10H,1-4,7H2,(H,23,24);1-5H,6-7H2,(H,20,21)(H,24,26)(H,22,23,25);2*1H/t2*14-;;;;/m10..../s1. The highest BCUT2D eigenvalue weighted by atomic mass is 19.4. The number of aryl methyl sites for hydroxylation is 3. The monoisotopic (exact) mass is 1600 g/mol. The molecule has 2 atom stereocenters. The Morgan fingerprint density at radius 2 is 0.894 bits per heavy atom. The molecular weight excluding hydrogens is 1530 g/mol. The van der Waals surface area contributed by atoms with Crippen molar-refractivity contribution in [2.75, 3.05) is 54.4 Å². The molecule has 14 rings (SSSR count). The maximum absolute atomic E-state index is 14.6. The van der Waals surface area contributed by atoms with Crippen LogP contribution in [0.5, 0.6) is 0 Å². The summed E-state index contributed by atoms with van der Waals surface area (Å²) in [4.78, 5) is 106. The van der Waals surface area contributed by atoms with E-state index in [1.807, 2.05) is 64.5 Å². The van der Waals surface area contributed by atoms with Gasteiger partial charge in [0.2, 0.25) is 17.7 Å². The van der Waals surface area contributed by atoms with E-state index in [4.69, 9.17) is 0 Å². The van der Waals surface area contributed by atoms with E-state index in [9.17, 15) is 89.4 Å². The second-order valence-electron chi connectivity index (χ2n) is 25.5. The lowest BCUT2D eigenvalue weighted by Gasteiger charge is -2.25. The van der Waals surface area contributed by atoms with Gasteiger partial charge in [-0.05, 0) is 87.1 Å². The first kappa shape index (κ1) is 81.4. The molecule has 0 bridgehead atoms. The van der Waals surface area contributed by atoms with Gasteiger partial charge < -0.3 is 50.2 Å². The number of anilines is 3. The summed E-state index contributed by atoms with van der Waals surface area (Å²) in [5.41, 5.74) is 5.32. The average molecular weight is 1600 g/mol. The van der Waals surface area contributed by atoms with Gasteiger partial charge in [-0.1, -0.05) is 0 Å². The quantitative estimate of drug-likeness (QED) is 0.0386. The van der Waals surface area contributed by atoms with Crippen molar-refractivity contribution in [2.24, 2.45) is 14.1 Å². The summed E-state index contributed by atoms with van der Waals surface area (Å²) in [6.07, 6.45) is -0.281. The van der Waals surface area contributed by atoms with E-state index >= 15 is 0 Å². The molecule has 26 nitrogen and oxygen atoms in total. The Kier molecular flexibility index (Phi) is 25.1. The van der Waals surface area contributed by atoms with E-state index in [1.54, 1.807) is 66.6 Å². The van der Waals surface area contributed by atoms with Crippen LogP contribution in [0.15, 0.2) is 123 Å². The molecule has 0 radical (unpaired) electrons. The molecule has 2 aliphatic rings. The fraction of sp³-hybridized carbons (Fsp3) is 0.324. The number of aromatic nitrogens is 16. The molecule has 0 saturated carbocycles. The van der Waals surface area contributed by atoms with Crippen molar-refractivity contribution >= 4 is 85.1 Å². The lowest BCUT2D eigenvalue weighted by atomic mass is 10.1. The molecule has 14 heterocycles. The minimum absolute atomic E-state index is 0. The number of amides is 3. The number of aromatic amines is 2. The molecule has 598 valence electrons. The van der Waals surface area contributed by atoms with Crippen molar-refractivity contribution in [3.63, 3.8) is 0 Å². The SMILES string of the molecule is Cn1ccc2c(-c3ncc(F)c(N4CCC[C@@H]4C(=O)NCC(F)(F)F)n3)ccnc21.Cn1ccc2c(-c3ncc(F)c(N4CCC[C@H]4C(=O)NCC(F)(F)F)n3)ccnc21.O=C(CCCc1nc(-c2ccnc3[nH]ccc23)ncc1F)CCC(F)(F)F.O=C(CNc1nc(-c2ccnc3[nH]ccc23)ncc1F)NCC(F)(F)F.[HH].[HH]. The van der Waals surface area contributed by atoms with Crippen LogP contribution in [0.3, 0.4) is 0 Å². The third-order valence-electron chi connectivity index (χ3n) is 17.5. The number of H-pyrrole nitrogens is 2. The third-order valence-corrected chi connectivity index (χ3v) is 17.5. The Morgan fingerprint density at radius 3 is 1.35 bits per heavy atom. The summed E-state index contributed by atoms with van der Waals surface area (Å²) < 4.78 is 208. The average Bonchev–Trinajstić information content (AvgIpc) is 1.68. The first-order chi connectivity index (χ1) is 53.7. The summed E-state index contributed by atoms with van der Waals surface area (Å²) in [5, 5.41) is 10.9. The maximum atomic E-state index is 14.6. The molecule has 12 aromatic heterocycles. The molecule has 3 amide bonds. The van der Waals surface area contributed by atoms with Crippen LogP contribution in [0.4, 0.5) is 87.7 Å². The van der Waals surface area contributed by atoms with Gasteiger partial charge in [-0.2, -0.15) is 52.7 Å². The van der Waals surface area contributed by atoms with E-state index in [-0.39, 0.29) is 62.7 Å². The zero-order valence-electron chi connectivity index (χ0n) is 59.1. The number of nitrogens with zero attached hydrogens (tertiary/aromatic N) is 16. The van der Waals surface area contributed by atoms with Crippen LogP contribution in [-0.2, 0) is 39.7 Å². The molecule has 42 heteroatoms. The van der Waals surface area contributed by atoms with Gasteiger partial charge in [0.05, 0.1) is 43.4 Å². The largest absolute Gasteiger partial charge is 0.405 e. The molecular formula is C71H68F16N22O4. The molecule has 2 saturated heterocycles. The molecule has 113 heavy (non-hydrogen) atoms. The number of halogens is 16. The van der Waals surface area contributed by atoms with Crippen molar-refractivity contribution in [1.82, 2.24) is 94.9 Å². The van der Waals surface area contributed by atoms with E-state index in [0.717, 1.165) is 40.9 Å². The normalized spacial score (nSPS) is 14.5. The molecule has 2 fully saturated rings. The van der Waals surface area contributed by atoms with Gasteiger partial charge in [-0.15, -0.1) is 0 Å². The van der Waals surface area contributed by atoms with Gasteiger partial charge in [0.1, 0.15) is 60.1 Å². The molecule has 2 aliphatic heterocycles. The summed E-state index contributed by atoms with van der Waals surface area (Å²) in [5.74, 6) is -5.51. The van der Waals surface area contributed by atoms with Crippen LogP contribution in [0.1, 0.15) is 59.9 Å². The summed E-state index contributed by atoms with van der Waals surface area (Å²) in [6, 6.07) is 12.1. The first-order valence-electron chi connectivity index (χ1n) is 34.3. The van der Waals surface area contributed by atoms with Crippen LogP contribution in [0, 0.1) is 23.3 Å². The fourth-order valence-electron chi connectivity index (χ4n) is 12.2. The number of hydrogen-bond donors (Lipinski definition) is 6. The Balaban J connectivity index is 0.000000175. The van der Waals surface area contributed by atoms with Crippen molar-refractivity contribution in [2.45, 2.75) is 94.6 Å².